The number of hydrogen-bond acceptors (Lipinski definition) is 4. The molecule has 0 aromatic carbocycles. The maximum atomic E-state index is 12.6. The summed E-state index contributed by atoms with van der Waals surface area (Å²) in [6.45, 7) is 5.74. The molecule has 0 bridgehead atoms. The molecule has 0 atom stereocenters. The van der Waals surface area contributed by atoms with Gasteiger partial charge in [0.15, 0.2) is 5.96 Å². The first-order valence-electron chi connectivity index (χ1n) is 9.74. The second-order valence-corrected chi connectivity index (χ2v) is 7.27. The van der Waals surface area contributed by atoms with Gasteiger partial charge >= 0.3 is 6.18 Å². The summed E-state index contributed by atoms with van der Waals surface area (Å²) in [4.78, 5) is 10.2. The molecule has 1 aliphatic heterocycles. The summed E-state index contributed by atoms with van der Waals surface area (Å²) >= 11 is 5.84. The zero-order chi connectivity index (χ0) is 21.3. The van der Waals surface area contributed by atoms with Crippen molar-refractivity contribution >= 4 is 41.5 Å². The molecule has 1 aromatic heterocycles. The van der Waals surface area contributed by atoms with Crippen LogP contribution in [0.15, 0.2) is 17.3 Å². The minimum absolute atomic E-state index is 0. The maximum absolute atomic E-state index is 12.6. The van der Waals surface area contributed by atoms with Gasteiger partial charge in [0.05, 0.1) is 12.1 Å². The highest BCUT2D eigenvalue weighted by Gasteiger charge is 2.31. The van der Waals surface area contributed by atoms with E-state index in [4.69, 9.17) is 21.1 Å². The number of aliphatic imine (C=N–C) groups is 1. The van der Waals surface area contributed by atoms with E-state index in [2.05, 4.69) is 20.2 Å². The average molecular weight is 565 g/mol. The average Bonchev–Trinajstić information content (AvgIpc) is 2.69. The van der Waals surface area contributed by atoms with Gasteiger partial charge < -0.3 is 19.7 Å². The quantitative estimate of drug-likeness (QED) is 0.219. The Hall–Kier alpha value is -1.01. The first kappa shape index (κ1) is 27.0. The van der Waals surface area contributed by atoms with Crippen molar-refractivity contribution in [3.8, 4) is 5.88 Å². The summed E-state index contributed by atoms with van der Waals surface area (Å²) in [5.74, 6) is 1.40. The van der Waals surface area contributed by atoms with Gasteiger partial charge in [-0.1, -0.05) is 11.6 Å². The Morgan fingerprint density at radius 3 is 2.70 bits per heavy atom. The first-order valence-corrected chi connectivity index (χ1v) is 10.1. The molecular weight excluding hydrogens is 536 g/mol. The van der Waals surface area contributed by atoms with Crippen LogP contribution < -0.4 is 10.1 Å². The number of halogens is 5. The maximum Gasteiger partial charge on any atom is 0.417 e. The zero-order valence-electron chi connectivity index (χ0n) is 17.2. The highest BCUT2D eigenvalue weighted by atomic mass is 127. The molecular formula is C19H29ClF3IN4O2. The number of aromatic nitrogens is 1. The Bertz CT molecular complexity index is 674. The lowest BCUT2D eigenvalue weighted by Gasteiger charge is -2.26. The molecule has 172 valence electrons. The fraction of sp³-hybridized carbons (Fsp3) is 0.684. The predicted octanol–water partition coefficient (Wildman–Crippen LogP) is 4.46. The van der Waals surface area contributed by atoms with Gasteiger partial charge in [-0.15, -0.1) is 24.0 Å². The lowest BCUT2D eigenvalue weighted by Crippen LogP contribution is -2.40. The van der Waals surface area contributed by atoms with Crippen LogP contribution in [0.1, 0.15) is 31.7 Å². The molecule has 30 heavy (non-hydrogen) atoms. The molecule has 6 nitrogen and oxygen atoms in total. The van der Waals surface area contributed by atoms with E-state index in [9.17, 15) is 13.2 Å². The van der Waals surface area contributed by atoms with Crippen molar-refractivity contribution in [2.24, 2.45) is 10.9 Å². The highest BCUT2D eigenvalue weighted by molar-refractivity contribution is 14.0. The molecule has 0 saturated carbocycles. The summed E-state index contributed by atoms with van der Waals surface area (Å²) in [5, 5.41) is 3.06. The Balaban J connectivity index is 0.00000450. The van der Waals surface area contributed by atoms with Crippen molar-refractivity contribution in [2.75, 3.05) is 46.5 Å². The number of rotatable bonds is 8. The van der Waals surface area contributed by atoms with E-state index in [0.29, 0.717) is 18.7 Å². The Kier molecular flexibility index (Phi) is 12.1. The minimum Gasteiger partial charge on any atom is -0.475 e. The monoisotopic (exact) mass is 564 g/mol. The number of pyridine rings is 1. The van der Waals surface area contributed by atoms with Crippen LogP contribution in [-0.2, 0) is 10.9 Å². The third-order valence-corrected chi connectivity index (χ3v) is 4.91. The number of alkyl halides is 3. The predicted molar refractivity (Wildman–Crippen MR) is 122 cm³/mol. The highest BCUT2D eigenvalue weighted by Crippen LogP contribution is 2.33. The Morgan fingerprint density at radius 2 is 2.10 bits per heavy atom. The summed E-state index contributed by atoms with van der Waals surface area (Å²) in [7, 11) is 1.98. The molecule has 1 N–H and O–H groups in total. The lowest BCUT2D eigenvalue weighted by molar-refractivity contribution is -0.137. The van der Waals surface area contributed by atoms with Gasteiger partial charge in [-0.25, -0.2) is 9.98 Å². The van der Waals surface area contributed by atoms with E-state index in [1.54, 1.807) is 0 Å². The molecule has 0 spiro atoms. The van der Waals surface area contributed by atoms with Gasteiger partial charge in [0.1, 0.15) is 11.6 Å². The summed E-state index contributed by atoms with van der Waals surface area (Å²) < 4.78 is 48.7. The summed E-state index contributed by atoms with van der Waals surface area (Å²) in [6.07, 6.45) is -0.521. The van der Waals surface area contributed by atoms with Gasteiger partial charge in [0.25, 0.3) is 0 Å². The summed E-state index contributed by atoms with van der Waals surface area (Å²) in [6, 6.07) is 0.807. The van der Waals surface area contributed by atoms with Crippen molar-refractivity contribution in [2.45, 2.75) is 32.4 Å². The third-order valence-electron chi connectivity index (χ3n) is 4.64. The lowest BCUT2D eigenvalue weighted by atomic mass is 9.96. The van der Waals surface area contributed by atoms with E-state index < -0.39 is 11.7 Å². The normalized spacial score (nSPS) is 15.5. The van der Waals surface area contributed by atoms with Gasteiger partial charge in [0.2, 0.25) is 5.88 Å². The second-order valence-electron chi connectivity index (χ2n) is 6.86. The SMILES string of the molecule is CCNC(=NCCOc1ncc(C(F)(F)F)cc1Cl)N(C)CCC1CCOCC1.I. The molecule has 1 aromatic rings. The molecule has 1 fully saturated rings. The number of nitrogens with one attached hydrogen (secondary N) is 1. The van der Waals surface area contributed by atoms with E-state index in [0.717, 1.165) is 57.6 Å². The van der Waals surface area contributed by atoms with E-state index >= 15 is 0 Å². The molecule has 2 heterocycles. The standard InChI is InChI=1S/C19H28ClF3N4O2.HI/c1-3-24-18(27(2)8-4-14-5-9-28-10-6-14)25-7-11-29-17-16(20)12-15(13-26-17)19(21,22)23;/h12-14H,3-11H2,1-2H3,(H,24,25);1H. The third kappa shape index (κ3) is 9.01. The van der Waals surface area contributed by atoms with Crippen LogP contribution in [0.3, 0.4) is 0 Å². The number of ether oxygens (including phenoxy) is 2. The zero-order valence-corrected chi connectivity index (χ0v) is 20.3. The van der Waals surface area contributed by atoms with Crippen LogP contribution in [0, 0.1) is 5.92 Å². The molecule has 0 aliphatic carbocycles. The smallest absolute Gasteiger partial charge is 0.417 e. The van der Waals surface area contributed by atoms with Gasteiger partial charge in [-0.3, -0.25) is 0 Å². The minimum atomic E-state index is -4.49. The van der Waals surface area contributed by atoms with E-state index in [1.165, 1.54) is 0 Å². The van der Waals surface area contributed by atoms with Gasteiger partial charge in [0, 0.05) is 39.5 Å². The van der Waals surface area contributed by atoms with Gasteiger partial charge in [-0.05, 0) is 38.2 Å². The Labute approximate surface area is 197 Å². The summed E-state index contributed by atoms with van der Waals surface area (Å²) in [5.41, 5.74) is -0.909. The number of hydrogen-bond donors (Lipinski definition) is 1. The second kappa shape index (κ2) is 13.4. The van der Waals surface area contributed by atoms with E-state index in [1.807, 2.05) is 14.0 Å². The van der Waals surface area contributed by atoms with E-state index in [-0.39, 0.29) is 41.5 Å². The fourth-order valence-electron chi connectivity index (χ4n) is 2.97. The molecule has 1 aliphatic rings. The largest absolute Gasteiger partial charge is 0.475 e. The van der Waals surface area contributed by atoms with Crippen LogP contribution in [0.4, 0.5) is 13.2 Å². The van der Waals surface area contributed by atoms with Crippen LogP contribution >= 0.6 is 35.6 Å². The Morgan fingerprint density at radius 1 is 1.40 bits per heavy atom. The van der Waals surface area contributed by atoms with Crippen molar-refractivity contribution in [3.63, 3.8) is 0 Å². The molecule has 1 saturated heterocycles. The molecule has 11 heteroatoms. The fourth-order valence-corrected chi connectivity index (χ4v) is 3.19. The van der Waals surface area contributed by atoms with Crippen molar-refractivity contribution in [1.82, 2.24) is 15.2 Å². The molecule has 2 rings (SSSR count). The topological polar surface area (TPSA) is 59.0 Å². The van der Waals surface area contributed by atoms with Crippen LogP contribution in [0.25, 0.3) is 0 Å². The molecule has 0 amide bonds. The van der Waals surface area contributed by atoms with Crippen LogP contribution in [0.2, 0.25) is 5.02 Å². The molecule has 0 unspecified atom stereocenters. The van der Waals surface area contributed by atoms with Crippen molar-refractivity contribution < 1.29 is 22.6 Å². The molecule has 0 radical (unpaired) electrons. The number of nitrogens with zero attached hydrogens (tertiary/aromatic N) is 3. The number of guanidine groups is 1. The van der Waals surface area contributed by atoms with Crippen molar-refractivity contribution in [1.29, 1.82) is 0 Å². The van der Waals surface area contributed by atoms with Gasteiger partial charge in [-0.2, -0.15) is 13.2 Å². The van der Waals surface area contributed by atoms with Crippen LogP contribution in [-0.4, -0.2) is 62.3 Å². The van der Waals surface area contributed by atoms with Crippen LogP contribution in [0.5, 0.6) is 5.88 Å². The van der Waals surface area contributed by atoms with Crippen molar-refractivity contribution in [3.05, 3.63) is 22.8 Å². The first-order chi connectivity index (χ1) is 13.8.